The van der Waals surface area contributed by atoms with Gasteiger partial charge >= 0.3 is 5.97 Å². The lowest BCUT2D eigenvalue weighted by Gasteiger charge is -2.16. The zero-order valence-corrected chi connectivity index (χ0v) is 15.9. The summed E-state index contributed by atoms with van der Waals surface area (Å²) in [5.74, 6) is -0.719. The van der Waals surface area contributed by atoms with E-state index in [4.69, 9.17) is 4.74 Å². The third-order valence-electron chi connectivity index (χ3n) is 4.06. The predicted octanol–water partition coefficient (Wildman–Crippen LogP) is 3.72. The van der Waals surface area contributed by atoms with Crippen LogP contribution in [-0.4, -0.2) is 22.9 Å². The van der Waals surface area contributed by atoms with E-state index in [0.717, 1.165) is 26.5 Å². The molecule has 5 nitrogen and oxygen atoms in total. The SMILES string of the molecule is CC(=O)NC(Cc1c[nH]c2ccccc12)C(=O)OCc1ccc(Br)cc1. The van der Waals surface area contributed by atoms with Crippen molar-refractivity contribution in [1.82, 2.24) is 10.3 Å². The molecule has 0 aliphatic carbocycles. The molecule has 0 aliphatic heterocycles. The molecular weight excluding hydrogens is 396 g/mol. The third-order valence-corrected chi connectivity index (χ3v) is 4.58. The van der Waals surface area contributed by atoms with Crippen molar-refractivity contribution in [2.75, 3.05) is 0 Å². The fourth-order valence-electron chi connectivity index (χ4n) is 2.79. The maximum absolute atomic E-state index is 12.5. The minimum atomic E-state index is -0.734. The highest BCUT2D eigenvalue weighted by Crippen LogP contribution is 2.19. The second kappa shape index (κ2) is 8.19. The largest absolute Gasteiger partial charge is 0.459 e. The molecule has 1 aromatic heterocycles. The number of esters is 1. The van der Waals surface area contributed by atoms with Gasteiger partial charge < -0.3 is 15.0 Å². The van der Waals surface area contributed by atoms with Crippen LogP contribution in [0.25, 0.3) is 10.9 Å². The fourth-order valence-corrected chi connectivity index (χ4v) is 3.06. The van der Waals surface area contributed by atoms with Crippen LogP contribution in [0.5, 0.6) is 0 Å². The third kappa shape index (κ3) is 4.52. The van der Waals surface area contributed by atoms with Crippen molar-refractivity contribution in [2.45, 2.75) is 26.0 Å². The number of rotatable bonds is 6. The Bertz CT molecular complexity index is 918. The summed E-state index contributed by atoms with van der Waals surface area (Å²) in [6, 6.07) is 14.6. The van der Waals surface area contributed by atoms with Gasteiger partial charge in [-0.3, -0.25) is 4.79 Å². The van der Waals surface area contributed by atoms with Gasteiger partial charge in [-0.15, -0.1) is 0 Å². The summed E-state index contributed by atoms with van der Waals surface area (Å²) in [5, 5.41) is 3.72. The molecule has 0 fully saturated rings. The van der Waals surface area contributed by atoms with Crippen LogP contribution in [0.1, 0.15) is 18.1 Å². The zero-order chi connectivity index (χ0) is 18.5. The highest BCUT2D eigenvalue weighted by Gasteiger charge is 2.23. The van der Waals surface area contributed by atoms with Crippen molar-refractivity contribution in [2.24, 2.45) is 0 Å². The van der Waals surface area contributed by atoms with Crippen molar-refractivity contribution in [3.8, 4) is 0 Å². The van der Waals surface area contributed by atoms with E-state index >= 15 is 0 Å². The number of ether oxygens (including phenoxy) is 1. The molecule has 0 radical (unpaired) electrons. The Morgan fingerprint density at radius 3 is 2.62 bits per heavy atom. The van der Waals surface area contributed by atoms with Crippen LogP contribution >= 0.6 is 15.9 Å². The van der Waals surface area contributed by atoms with Crippen molar-refractivity contribution < 1.29 is 14.3 Å². The van der Waals surface area contributed by atoms with E-state index in [1.807, 2.05) is 54.7 Å². The van der Waals surface area contributed by atoms with Gasteiger partial charge in [0.25, 0.3) is 0 Å². The number of aromatic amines is 1. The van der Waals surface area contributed by atoms with E-state index < -0.39 is 12.0 Å². The van der Waals surface area contributed by atoms with Gasteiger partial charge in [0, 0.05) is 34.9 Å². The Kier molecular flexibility index (Phi) is 5.73. The molecule has 0 saturated carbocycles. The molecule has 26 heavy (non-hydrogen) atoms. The number of hydrogen-bond acceptors (Lipinski definition) is 3. The lowest BCUT2D eigenvalue weighted by molar-refractivity contribution is -0.149. The highest BCUT2D eigenvalue weighted by atomic mass is 79.9. The lowest BCUT2D eigenvalue weighted by atomic mass is 10.0. The van der Waals surface area contributed by atoms with Gasteiger partial charge in [-0.2, -0.15) is 0 Å². The number of hydrogen-bond donors (Lipinski definition) is 2. The van der Waals surface area contributed by atoms with Gasteiger partial charge in [0.15, 0.2) is 0 Å². The van der Waals surface area contributed by atoms with Gasteiger partial charge in [0.1, 0.15) is 12.6 Å². The first-order valence-corrected chi connectivity index (χ1v) is 9.05. The molecule has 2 N–H and O–H groups in total. The zero-order valence-electron chi connectivity index (χ0n) is 14.3. The molecule has 1 heterocycles. The minimum Gasteiger partial charge on any atom is -0.459 e. The van der Waals surface area contributed by atoms with E-state index in [0.29, 0.717) is 6.42 Å². The quantitative estimate of drug-likeness (QED) is 0.603. The van der Waals surface area contributed by atoms with Gasteiger partial charge in [-0.05, 0) is 29.3 Å². The van der Waals surface area contributed by atoms with Crippen molar-refractivity contribution in [1.29, 1.82) is 0 Å². The summed E-state index contributed by atoms with van der Waals surface area (Å²) in [4.78, 5) is 27.2. The van der Waals surface area contributed by atoms with E-state index in [1.165, 1.54) is 6.92 Å². The summed E-state index contributed by atoms with van der Waals surface area (Å²) in [6.07, 6.45) is 2.23. The van der Waals surface area contributed by atoms with Crippen LogP contribution in [0.2, 0.25) is 0 Å². The summed E-state index contributed by atoms with van der Waals surface area (Å²) < 4.78 is 6.37. The minimum absolute atomic E-state index is 0.163. The van der Waals surface area contributed by atoms with Crippen LogP contribution in [-0.2, 0) is 27.4 Å². The molecule has 6 heteroatoms. The summed E-state index contributed by atoms with van der Waals surface area (Å²) in [7, 11) is 0. The number of aromatic nitrogens is 1. The standard InChI is InChI=1S/C20H19BrN2O3/c1-13(24)23-19(10-15-11-22-18-5-3-2-4-17(15)18)20(25)26-12-14-6-8-16(21)9-7-14/h2-9,11,19,22H,10,12H2,1H3,(H,23,24). The first-order valence-electron chi connectivity index (χ1n) is 8.26. The fraction of sp³-hybridized carbons (Fsp3) is 0.200. The monoisotopic (exact) mass is 414 g/mol. The Morgan fingerprint density at radius 2 is 1.88 bits per heavy atom. The average molecular weight is 415 g/mol. The second-order valence-corrected chi connectivity index (χ2v) is 6.97. The number of para-hydroxylation sites is 1. The summed E-state index contributed by atoms with van der Waals surface area (Å²) in [6.45, 7) is 1.56. The molecule has 0 saturated heterocycles. The van der Waals surface area contributed by atoms with Crippen molar-refractivity contribution >= 4 is 38.7 Å². The van der Waals surface area contributed by atoms with Crippen molar-refractivity contribution in [3.63, 3.8) is 0 Å². The molecule has 0 spiro atoms. The summed E-state index contributed by atoms with van der Waals surface area (Å²) >= 11 is 3.37. The van der Waals surface area contributed by atoms with Crippen LogP contribution in [0.3, 0.4) is 0 Å². The number of fused-ring (bicyclic) bond motifs is 1. The average Bonchev–Trinajstić information content (AvgIpc) is 3.03. The normalized spacial score (nSPS) is 11.9. The number of carbonyl (C=O) groups excluding carboxylic acids is 2. The molecule has 1 amide bonds. The molecule has 1 atom stereocenters. The molecule has 3 rings (SSSR count). The number of halogens is 1. The molecule has 1 unspecified atom stereocenters. The van der Waals surface area contributed by atoms with Crippen LogP contribution in [0.15, 0.2) is 59.2 Å². The lowest BCUT2D eigenvalue weighted by Crippen LogP contribution is -2.42. The Labute approximate surface area is 159 Å². The second-order valence-electron chi connectivity index (χ2n) is 6.05. The van der Waals surface area contributed by atoms with Gasteiger partial charge in [0.05, 0.1) is 0 Å². The Balaban J connectivity index is 1.71. The van der Waals surface area contributed by atoms with Gasteiger partial charge in [-0.1, -0.05) is 46.3 Å². The highest BCUT2D eigenvalue weighted by molar-refractivity contribution is 9.10. The van der Waals surface area contributed by atoms with E-state index in [9.17, 15) is 9.59 Å². The molecule has 0 bridgehead atoms. The maximum Gasteiger partial charge on any atom is 0.329 e. The molecular formula is C20H19BrN2O3. The van der Waals surface area contributed by atoms with Crippen LogP contribution < -0.4 is 5.32 Å². The van der Waals surface area contributed by atoms with Gasteiger partial charge in [-0.25, -0.2) is 4.79 Å². The van der Waals surface area contributed by atoms with E-state index in [-0.39, 0.29) is 12.5 Å². The number of carbonyl (C=O) groups is 2. The topological polar surface area (TPSA) is 71.2 Å². The first kappa shape index (κ1) is 18.2. The van der Waals surface area contributed by atoms with Crippen molar-refractivity contribution in [3.05, 3.63) is 70.3 Å². The first-order chi connectivity index (χ1) is 12.5. The molecule has 3 aromatic rings. The number of benzene rings is 2. The summed E-state index contributed by atoms with van der Waals surface area (Å²) in [5.41, 5.74) is 2.84. The predicted molar refractivity (Wildman–Crippen MR) is 104 cm³/mol. The van der Waals surface area contributed by atoms with E-state index in [2.05, 4.69) is 26.2 Å². The maximum atomic E-state index is 12.5. The van der Waals surface area contributed by atoms with Crippen LogP contribution in [0.4, 0.5) is 0 Å². The van der Waals surface area contributed by atoms with E-state index in [1.54, 1.807) is 0 Å². The Hall–Kier alpha value is -2.60. The number of H-pyrrole nitrogens is 1. The molecule has 2 aromatic carbocycles. The molecule has 134 valence electrons. The van der Waals surface area contributed by atoms with Gasteiger partial charge in [0.2, 0.25) is 5.91 Å². The van der Waals surface area contributed by atoms with Crippen LogP contribution in [0, 0.1) is 0 Å². The Morgan fingerprint density at radius 1 is 1.15 bits per heavy atom. The number of nitrogens with one attached hydrogen (secondary N) is 2. The number of amides is 1. The smallest absolute Gasteiger partial charge is 0.329 e. The molecule has 0 aliphatic rings.